The van der Waals surface area contributed by atoms with E-state index >= 15 is 0 Å². The van der Waals surface area contributed by atoms with E-state index in [4.69, 9.17) is 9.47 Å². The van der Waals surface area contributed by atoms with Crippen LogP contribution in [0.2, 0.25) is 0 Å². The van der Waals surface area contributed by atoms with Gasteiger partial charge in [-0.15, -0.1) is 0 Å². The molecule has 0 aliphatic carbocycles. The second-order valence-corrected chi connectivity index (χ2v) is 8.01. The predicted octanol–water partition coefficient (Wildman–Crippen LogP) is 4.03. The molecule has 29 heavy (non-hydrogen) atoms. The van der Waals surface area contributed by atoms with E-state index in [0.717, 1.165) is 49.7 Å². The Kier molecular flexibility index (Phi) is 6.35. The van der Waals surface area contributed by atoms with Crippen molar-refractivity contribution in [3.8, 4) is 11.5 Å². The zero-order valence-electron chi connectivity index (χ0n) is 17.2. The van der Waals surface area contributed by atoms with Crippen molar-refractivity contribution in [3.05, 3.63) is 59.7 Å². The Hall–Kier alpha value is -2.53. The Bertz CT molecular complexity index is 821. The summed E-state index contributed by atoms with van der Waals surface area (Å²) in [6, 6.07) is 16.4. The molecule has 0 radical (unpaired) electrons. The van der Waals surface area contributed by atoms with E-state index in [2.05, 4.69) is 29.2 Å². The van der Waals surface area contributed by atoms with E-state index in [-0.39, 0.29) is 12.0 Å². The van der Waals surface area contributed by atoms with Crippen molar-refractivity contribution in [2.75, 3.05) is 33.3 Å². The summed E-state index contributed by atoms with van der Waals surface area (Å²) in [4.78, 5) is 16.5. The summed E-state index contributed by atoms with van der Waals surface area (Å²) in [5.41, 5.74) is 2.39. The third-order valence-corrected chi connectivity index (χ3v) is 5.80. The van der Waals surface area contributed by atoms with Crippen LogP contribution in [0.5, 0.6) is 11.5 Å². The van der Waals surface area contributed by atoms with Crippen LogP contribution in [-0.2, 0) is 11.3 Å². The average molecular weight is 395 g/mol. The topological polar surface area (TPSA) is 42.0 Å². The summed E-state index contributed by atoms with van der Waals surface area (Å²) < 4.78 is 11.9. The first-order valence-electron chi connectivity index (χ1n) is 10.6. The lowest BCUT2D eigenvalue weighted by atomic mass is 10.1. The number of fused-ring (bicyclic) bond motifs is 1. The fourth-order valence-electron chi connectivity index (χ4n) is 3.98. The Morgan fingerprint density at radius 2 is 1.69 bits per heavy atom. The molecular formula is C24H30N2O3. The quantitative estimate of drug-likeness (QED) is 0.788. The van der Waals surface area contributed by atoms with Crippen molar-refractivity contribution < 1.29 is 14.3 Å². The number of carbonyl (C=O) groups is 1. The van der Waals surface area contributed by atoms with Crippen LogP contribution in [0.15, 0.2) is 48.5 Å². The molecule has 0 aromatic heterocycles. The number of ether oxygens (including phenoxy) is 2. The molecule has 5 heteroatoms. The van der Waals surface area contributed by atoms with E-state index in [0.29, 0.717) is 13.0 Å². The maximum atomic E-state index is 12.2. The van der Waals surface area contributed by atoms with Gasteiger partial charge in [0.15, 0.2) is 17.6 Å². The van der Waals surface area contributed by atoms with Gasteiger partial charge in [-0.25, -0.2) is 0 Å². The Balaban J connectivity index is 1.37. The first-order chi connectivity index (χ1) is 14.2. The highest BCUT2D eigenvalue weighted by Crippen LogP contribution is 2.35. The first kappa shape index (κ1) is 19.8. The van der Waals surface area contributed by atoms with Crippen molar-refractivity contribution in [2.45, 2.75) is 38.3 Å². The van der Waals surface area contributed by atoms with E-state index in [1.54, 1.807) is 0 Å². The molecule has 2 aromatic carbocycles. The maximum Gasteiger partial charge on any atom is 0.223 e. The molecule has 2 aromatic rings. The molecule has 1 fully saturated rings. The molecule has 2 aliphatic rings. The molecule has 2 aliphatic heterocycles. The van der Waals surface area contributed by atoms with Gasteiger partial charge >= 0.3 is 0 Å². The minimum absolute atomic E-state index is 0.0823. The molecule has 1 atom stereocenters. The number of amides is 1. The Labute approximate surface area is 173 Å². The second kappa shape index (κ2) is 9.31. The summed E-state index contributed by atoms with van der Waals surface area (Å²) in [6.45, 7) is 4.16. The molecule has 5 nitrogen and oxygen atoms in total. The molecule has 1 saturated heterocycles. The van der Waals surface area contributed by atoms with Gasteiger partial charge in [0.2, 0.25) is 5.91 Å². The summed E-state index contributed by atoms with van der Waals surface area (Å²) >= 11 is 0. The maximum absolute atomic E-state index is 12.2. The fraction of sp³-hybridized carbons (Fsp3) is 0.458. The van der Waals surface area contributed by atoms with Crippen LogP contribution in [0.25, 0.3) is 0 Å². The van der Waals surface area contributed by atoms with Gasteiger partial charge in [0.05, 0.1) is 0 Å². The molecule has 2 heterocycles. The van der Waals surface area contributed by atoms with E-state index < -0.39 is 0 Å². The predicted molar refractivity (Wildman–Crippen MR) is 113 cm³/mol. The molecule has 0 N–H and O–H groups in total. The van der Waals surface area contributed by atoms with Crippen LogP contribution < -0.4 is 9.47 Å². The highest BCUT2D eigenvalue weighted by atomic mass is 16.6. The van der Waals surface area contributed by atoms with Crippen molar-refractivity contribution in [3.63, 3.8) is 0 Å². The molecule has 0 spiro atoms. The Morgan fingerprint density at radius 3 is 2.52 bits per heavy atom. The fourth-order valence-corrected chi connectivity index (χ4v) is 3.98. The van der Waals surface area contributed by atoms with Crippen molar-refractivity contribution in [2.24, 2.45) is 0 Å². The zero-order chi connectivity index (χ0) is 20.1. The van der Waals surface area contributed by atoms with E-state index in [1.807, 2.05) is 36.2 Å². The summed E-state index contributed by atoms with van der Waals surface area (Å²) in [5, 5.41) is 0. The highest BCUT2D eigenvalue weighted by molar-refractivity contribution is 5.76. The van der Waals surface area contributed by atoms with Crippen LogP contribution in [0.3, 0.4) is 0 Å². The number of nitrogens with zero attached hydrogens (tertiary/aromatic N) is 2. The van der Waals surface area contributed by atoms with Crippen LogP contribution in [0, 0.1) is 0 Å². The van der Waals surface area contributed by atoms with Crippen molar-refractivity contribution in [1.82, 2.24) is 9.80 Å². The first-order valence-corrected chi connectivity index (χ1v) is 10.6. The van der Waals surface area contributed by atoms with Crippen LogP contribution >= 0.6 is 0 Å². The smallest absolute Gasteiger partial charge is 0.223 e. The molecule has 154 valence electrons. The molecular weight excluding hydrogens is 364 g/mol. The minimum atomic E-state index is -0.0823. The average Bonchev–Trinajstić information content (AvgIpc) is 2.76. The molecule has 0 bridgehead atoms. The summed E-state index contributed by atoms with van der Waals surface area (Å²) in [7, 11) is 1.92. The lowest BCUT2D eigenvalue weighted by molar-refractivity contribution is -0.130. The lowest BCUT2D eigenvalue weighted by Crippen LogP contribution is -2.34. The van der Waals surface area contributed by atoms with Gasteiger partial charge in [-0.3, -0.25) is 9.69 Å². The highest BCUT2D eigenvalue weighted by Gasteiger charge is 2.22. The lowest BCUT2D eigenvalue weighted by Gasteiger charge is -2.27. The minimum Gasteiger partial charge on any atom is -0.485 e. The largest absolute Gasteiger partial charge is 0.485 e. The molecule has 1 amide bonds. The zero-order valence-corrected chi connectivity index (χ0v) is 17.2. The number of hydrogen-bond donors (Lipinski definition) is 0. The van der Waals surface area contributed by atoms with Gasteiger partial charge in [-0.05, 0) is 42.6 Å². The van der Waals surface area contributed by atoms with Gasteiger partial charge < -0.3 is 14.4 Å². The van der Waals surface area contributed by atoms with Crippen LogP contribution in [-0.4, -0.2) is 49.0 Å². The summed E-state index contributed by atoms with van der Waals surface area (Å²) in [6.07, 6.45) is 3.97. The molecule has 0 unspecified atom stereocenters. The third-order valence-electron chi connectivity index (χ3n) is 5.80. The van der Waals surface area contributed by atoms with Crippen LogP contribution in [0.4, 0.5) is 0 Å². The van der Waals surface area contributed by atoms with Gasteiger partial charge in [-0.1, -0.05) is 42.8 Å². The normalized spacial score (nSPS) is 21.1. The number of rotatable bonds is 3. The summed E-state index contributed by atoms with van der Waals surface area (Å²) in [5.74, 6) is 1.86. The SMILES string of the molecule is CN1CCCCCN(Cc2ccc([C@H]3COc4ccccc4O3)cc2)CCC1=O. The standard InChI is InChI=1S/C24H30N2O3/c1-25-14-5-2-6-15-26(16-13-24(25)27)17-19-9-11-20(12-10-19)23-18-28-21-7-3-4-8-22(21)29-23/h3-4,7-12,23H,2,5-6,13-18H2,1H3/t23-/m1/s1. The van der Waals surface area contributed by atoms with Crippen LogP contribution in [0.1, 0.15) is 42.9 Å². The van der Waals surface area contributed by atoms with Gasteiger partial charge in [0, 0.05) is 33.1 Å². The number of carbonyl (C=O) groups excluding carboxylic acids is 1. The van der Waals surface area contributed by atoms with Crippen molar-refractivity contribution in [1.29, 1.82) is 0 Å². The molecule has 4 rings (SSSR count). The molecule has 0 saturated carbocycles. The van der Waals surface area contributed by atoms with Gasteiger partial charge in [0.1, 0.15) is 6.61 Å². The Morgan fingerprint density at radius 1 is 0.931 bits per heavy atom. The second-order valence-electron chi connectivity index (χ2n) is 8.01. The van der Waals surface area contributed by atoms with Crippen molar-refractivity contribution >= 4 is 5.91 Å². The van der Waals surface area contributed by atoms with E-state index in [1.165, 1.54) is 18.4 Å². The van der Waals surface area contributed by atoms with E-state index in [9.17, 15) is 4.79 Å². The third kappa shape index (κ3) is 5.10. The number of benzene rings is 2. The number of hydrogen-bond acceptors (Lipinski definition) is 4. The monoisotopic (exact) mass is 394 g/mol. The van der Waals surface area contributed by atoms with Gasteiger partial charge in [0.25, 0.3) is 0 Å². The van der Waals surface area contributed by atoms with Gasteiger partial charge in [-0.2, -0.15) is 0 Å². The number of para-hydroxylation sites is 2.